The normalized spacial score (nSPS) is 13.3. The Balaban J connectivity index is 3.80. The molecule has 0 heterocycles. The van der Waals surface area contributed by atoms with Gasteiger partial charge in [-0.15, -0.1) is 0 Å². The Kier molecular flexibility index (Phi) is 7.39. The van der Waals surface area contributed by atoms with E-state index >= 15 is 0 Å². The van der Waals surface area contributed by atoms with E-state index in [0.717, 1.165) is 6.42 Å². The first-order valence-electron chi connectivity index (χ1n) is 5.81. The largest absolute Gasteiger partial charge is 0.465 e. The van der Waals surface area contributed by atoms with Gasteiger partial charge in [0, 0.05) is 6.42 Å². The molecule has 2 N–H and O–H groups in total. The van der Waals surface area contributed by atoms with Crippen molar-refractivity contribution < 1.29 is 9.53 Å². The molecule has 0 aliphatic carbocycles. The molecule has 0 saturated heterocycles. The van der Waals surface area contributed by atoms with Crippen LogP contribution in [0.15, 0.2) is 0 Å². The molecule has 0 aromatic carbocycles. The molecular weight excluding hydrogens is 190 g/mol. The summed E-state index contributed by atoms with van der Waals surface area (Å²) in [6.07, 6.45) is 1.45. The van der Waals surface area contributed by atoms with Crippen LogP contribution in [0.1, 0.15) is 40.5 Å². The van der Waals surface area contributed by atoms with Crippen LogP contribution in [0.2, 0.25) is 0 Å². The van der Waals surface area contributed by atoms with Crippen LogP contribution < -0.4 is 5.73 Å². The average Bonchev–Trinajstić information content (AvgIpc) is 2.13. The van der Waals surface area contributed by atoms with Gasteiger partial charge in [-0.2, -0.15) is 0 Å². The Labute approximate surface area is 93.4 Å². The third-order valence-electron chi connectivity index (χ3n) is 2.17. The van der Waals surface area contributed by atoms with Gasteiger partial charge < -0.3 is 10.5 Å². The average molecular weight is 215 g/mol. The van der Waals surface area contributed by atoms with Gasteiger partial charge in [-0.05, 0) is 30.7 Å². The number of rotatable bonds is 7. The van der Waals surface area contributed by atoms with Crippen molar-refractivity contribution in [2.45, 2.75) is 40.5 Å². The molecule has 0 saturated carbocycles. The second-order valence-electron chi connectivity index (χ2n) is 5.01. The molecule has 0 amide bonds. The molecule has 0 fully saturated rings. The second-order valence-corrected chi connectivity index (χ2v) is 5.01. The molecule has 3 nitrogen and oxygen atoms in total. The highest BCUT2D eigenvalue weighted by molar-refractivity contribution is 5.69. The summed E-state index contributed by atoms with van der Waals surface area (Å²) in [5, 5.41) is 0. The molecule has 15 heavy (non-hydrogen) atoms. The Morgan fingerprint density at radius 3 is 2.20 bits per heavy atom. The Bertz CT molecular complexity index is 178. The zero-order chi connectivity index (χ0) is 11.8. The van der Waals surface area contributed by atoms with Crippen LogP contribution in [0.5, 0.6) is 0 Å². The minimum atomic E-state index is -0.111. The first kappa shape index (κ1) is 14.4. The van der Waals surface area contributed by atoms with Crippen LogP contribution >= 0.6 is 0 Å². The highest BCUT2D eigenvalue weighted by Crippen LogP contribution is 2.14. The van der Waals surface area contributed by atoms with Gasteiger partial charge in [0.05, 0.1) is 6.61 Å². The van der Waals surface area contributed by atoms with E-state index in [2.05, 4.69) is 13.8 Å². The lowest BCUT2D eigenvalue weighted by Crippen LogP contribution is -2.22. The smallest absolute Gasteiger partial charge is 0.306 e. The molecule has 0 rings (SSSR count). The summed E-state index contributed by atoms with van der Waals surface area (Å²) in [7, 11) is 0. The van der Waals surface area contributed by atoms with Crippen molar-refractivity contribution >= 4 is 5.97 Å². The fourth-order valence-corrected chi connectivity index (χ4v) is 1.48. The van der Waals surface area contributed by atoms with Crippen LogP contribution in [0, 0.1) is 17.8 Å². The number of hydrogen-bond donors (Lipinski definition) is 1. The summed E-state index contributed by atoms with van der Waals surface area (Å²) in [5.74, 6) is 1.14. The zero-order valence-electron chi connectivity index (χ0n) is 10.5. The molecule has 0 aliphatic heterocycles. The third kappa shape index (κ3) is 8.43. The molecule has 1 atom stereocenters. The predicted octanol–water partition coefficient (Wildman–Crippen LogP) is 2.20. The van der Waals surface area contributed by atoms with E-state index in [1.54, 1.807) is 0 Å². The standard InChI is InChI=1S/C12H25NO2/c1-9(2)5-11(7-13)6-12(14)15-8-10(3)4/h9-11H,5-8,13H2,1-4H3/t11-/m0/s1. The fraction of sp³-hybridized carbons (Fsp3) is 0.917. The van der Waals surface area contributed by atoms with E-state index < -0.39 is 0 Å². The van der Waals surface area contributed by atoms with Gasteiger partial charge in [-0.25, -0.2) is 0 Å². The lowest BCUT2D eigenvalue weighted by Gasteiger charge is -2.16. The summed E-state index contributed by atoms with van der Waals surface area (Å²) in [5.41, 5.74) is 5.62. The Hall–Kier alpha value is -0.570. The minimum Gasteiger partial charge on any atom is -0.465 e. The number of hydrogen-bond acceptors (Lipinski definition) is 3. The SMILES string of the molecule is CC(C)COC(=O)C[C@@H](CN)CC(C)C. The molecule has 0 bridgehead atoms. The summed E-state index contributed by atoms with van der Waals surface area (Å²) in [6, 6.07) is 0. The van der Waals surface area contributed by atoms with Gasteiger partial charge in [0.2, 0.25) is 0 Å². The number of carbonyl (C=O) groups is 1. The molecule has 90 valence electrons. The van der Waals surface area contributed by atoms with Crippen LogP contribution in [-0.2, 0) is 9.53 Å². The van der Waals surface area contributed by atoms with E-state index in [0.29, 0.717) is 31.4 Å². The monoisotopic (exact) mass is 215 g/mol. The zero-order valence-corrected chi connectivity index (χ0v) is 10.5. The first-order chi connectivity index (χ1) is 6.95. The van der Waals surface area contributed by atoms with Crippen molar-refractivity contribution in [3.8, 4) is 0 Å². The predicted molar refractivity (Wildman–Crippen MR) is 62.4 cm³/mol. The van der Waals surface area contributed by atoms with E-state index in [4.69, 9.17) is 10.5 Å². The Morgan fingerprint density at radius 2 is 1.80 bits per heavy atom. The van der Waals surface area contributed by atoms with Gasteiger partial charge in [0.25, 0.3) is 0 Å². The van der Waals surface area contributed by atoms with E-state index in [-0.39, 0.29) is 11.9 Å². The molecule has 0 aliphatic rings. The summed E-state index contributed by atoms with van der Waals surface area (Å²) in [4.78, 5) is 11.4. The maximum Gasteiger partial charge on any atom is 0.306 e. The molecular formula is C12H25NO2. The fourth-order valence-electron chi connectivity index (χ4n) is 1.48. The summed E-state index contributed by atoms with van der Waals surface area (Å²) < 4.78 is 5.12. The molecule has 0 unspecified atom stereocenters. The maximum absolute atomic E-state index is 11.4. The van der Waals surface area contributed by atoms with Crippen molar-refractivity contribution in [2.24, 2.45) is 23.5 Å². The lowest BCUT2D eigenvalue weighted by atomic mass is 9.94. The van der Waals surface area contributed by atoms with Crippen LogP contribution in [-0.4, -0.2) is 19.1 Å². The molecule has 0 aromatic rings. The molecule has 0 aromatic heterocycles. The summed E-state index contributed by atoms with van der Waals surface area (Å²) >= 11 is 0. The minimum absolute atomic E-state index is 0.111. The topological polar surface area (TPSA) is 52.3 Å². The lowest BCUT2D eigenvalue weighted by molar-refractivity contribution is -0.145. The molecule has 3 heteroatoms. The van der Waals surface area contributed by atoms with Gasteiger partial charge >= 0.3 is 5.97 Å². The molecule has 0 radical (unpaired) electrons. The van der Waals surface area contributed by atoms with Crippen molar-refractivity contribution in [3.05, 3.63) is 0 Å². The van der Waals surface area contributed by atoms with Crippen molar-refractivity contribution in [1.82, 2.24) is 0 Å². The van der Waals surface area contributed by atoms with Crippen molar-refractivity contribution in [3.63, 3.8) is 0 Å². The molecule has 0 spiro atoms. The number of esters is 1. The summed E-state index contributed by atoms with van der Waals surface area (Å²) in [6.45, 7) is 9.42. The third-order valence-corrected chi connectivity index (χ3v) is 2.17. The maximum atomic E-state index is 11.4. The van der Waals surface area contributed by atoms with E-state index in [1.807, 2.05) is 13.8 Å². The van der Waals surface area contributed by atoms with Gasteiger partial charge in [0.1, 0.15) is 0 Å². The van der Waals surface area contributed by atoms with Crippen molar-refractivity contribution in [2.75, 3.05) is 13.2 Å². The number of ether oxygens (including phenoxy) is 1. The highest BCUT2D eigenvalue weighted by atomic mass is 16.5. The van der Waals surface area contributed by atoms with Gasteiger partial charge in [0.15, 0.2) is 0 Å². The van der Waals surface area contributed by atoms with Crippen LogP contribution in [0.3, 0.4) is 0 Å². The van der Waals surface area contributed by atoms with E-state index in [9.17, 15) is 4.79 Å². The second kappa shape index (κ2) is 7.69. The highest BCUT2D eigenvalue weighted by Gasteiger charge is 2.15. The van der Waals surface area contributed by atoms with Gasteiger partial charge in [-0.1, -0.05) is 27.7 Å². The number of nitrogens with two attached hydrogens (primary N) is 1. The quantitative estimate of drug-likeness (QED) is 0.662. The first-order valence-corrected chi connectivity index (χ1v) is 5.81. The van der Waals surface area contributed by atoms with Crippen LogP contribution in [0.25, 0.3) is 0 Å². The van der Waals surface area contributed by atoms with Crippen LogP contribution in [0.4, 0.5) is 0 Å². The van der Waals surface area contributed by atoms with E-state index in [1.165, 1.54) is 0 Å². The number of carbonyl (C=O) groups excluding carboxylic acids is 1. The van der Waals surface area contributed by atoms with Crippen molar-refractivity contribution in [1.29, 1.82) is 0 Å². The Morgan fingerprint density at radius 1 is 1.20 bits per heavy atom. The van der Waals surface area contributed by atoms with Gasteiger partial charge in [-0.3, -0.25) is 4.79 Å².